The molecule has 154 valence electrons. The van der Waals surface area contributed by atoms with E-state index in [9.17, 15) is 21.6 Å². The van der Waals surface area contributed by atoms with E-state index in [4.69, 9.17) is 4.74 Å². The van der Waals surface area contributed by atoms with Crippen LogP contribution in [0.1, 0.15) is 16.7 Å². The Labute approximate surface area is 167 Å². The van der Waals surface area contributed by atoms with Crippen LogP contribution in [0.2, 0.25) is 0 Å². The first-order valence-corrected chi connectivity index (χ1v) is 10.8. The summed E-state index contributed by atoms with van der Waals surface area (Å²) in [6, 6.07) is 7.62. The summed E-state index contributed by atoms with van der Waals surface area (Å²) in [5.74, 6) is 0.0138. The predicted octanol–water partition coefficient (Wildman–Crippen LogP) is 4.62. The van der Waals surface area contributed by atoms with E-state index in [0.717, 1.165) is 17.3 Å². The average molecular weight is 434 g/mol. The number of nitrogens with one attached hydrogen (secondary N) is 1. The van der Waals surface area contributed by atoms with E-state index in [2.05, 4.69) is 0 Å². The smallest absolute Gasteiger partial charge is 0.405 e. The molecule has 0 radical (unpaired) electrons. The van der Waals surface area contributed by atoms with Crippen molar-refractivity contribution >= 4 is 21.8 Å². The molecule has 0 amide bonds. The Morgan fingerprint density at radius 2 is 1.71 bits per heavy atom. The Balaban J connectivity index is 2.27. The maximum Gasteiger partial charge on any atom is 0.405 e. The molecule has 0 saturated carbocycles. The molecule has 0 bridgehead atoms. The number of aryl methyl sites for hydroxylation is 3. The van der Waals surface area contributed by atoms with Gasteiger partial charge in [-0.1, -0.05) is 23.8 Å². The van der Waals surface area contributed by atoms with Crippen molar-refractivity contribution in [1.82, 2.24) is 4.72 Å². The lowest BCUT2D eigenvalue weighted by molar-refractivity contribution is -0.145. The van der Waals surface area contributed by atoms with E-state index < -0.39 is 28.0 Å². The number of halogens is 3. The van der Waals surface area contributed by atoms with Crippen LogP contribution in [0.4, 0.5) is 13.2 Å². The number of hydrogen-bond acceptors (Lipinski definition) is 4. The Hall–Kier alpha value is -1.71. The quantitative estimate of drug-likeness (QED) is 0.648. The Morgan fingerprint density at radius 3 is 2.25 bits per heavy atom. The molecule has 0 heterocycles. The van der Waals surface area contributed by atoms with Gasteiger partial charge in [0.1, 0.15) is 11.8 Å². The molecule has 0 fully saturated rings. The van der Waals surface area contributed by atoms with Crippen LogP contribution in [0.15, 0.2) is 46.2 Å². The largest absolute Gasteiger partial charge is 0.497 e. The van der Waals surface area contributed by atoms with Gasteiger partial charge in [0.05, 0.1) is 12.0 Å². The van der Waals surface area contributed by atoms with Crippen molar-refractivity contribution in [2.45, 2.75) is 42.8 Å². The SMILES string of the molecule is COc1cccc(SCC(NS(=O)(=O)c2c(C)cc(C)cc2C)C(F)(F)F)c1. The number of sulfonamides is 1. The average Bonchev–Trinajstić information content (AvgIpc) is 2.56. The molecule has 1 atom stereocenters. The van der Waals surface area contributed by atoms with Gasteiger partial charge in [-0.3, -0.25) is 0 Å². The normalized spacial score (nSPS) is 13.4. The maximum atomic E-state index is 13.5. The molecular weight excluding hydrogens is 411 g/mol. The first kappa shape index (κ1) is 22.6. The lowest BCUT2D eigenvalue weighted by Crippen LogP contribution is -2.47. The van der Waals surface area contributed by atoms with Crippen LogP contribution in [0, 0.1) is 20.8 Å². The molecule has 1 unspecified atom stereocenters. The van der Waals surface area contributed by atoms with Crippen molar-refractivity contribution in [3.05, 3.63) is 53.1 Å². The zero-order valence-corrected chi connectivity index (χ0v) is 17.6. The second-order valence-electron chi connectivity index (χ2n) is 6.43. The van der Waals surface area contributed by atoms with Crippen LogP contribution in [-0.4, -0.2) is 33.5 Å². The van der Waals surface area contributed by atoms with Gasteiger partial charge in [0, 0.05) is 10.6 Å². The molecular formula is C19H22F3NO3S2. The second-order valence-corrected chi connectivity index (χ2v) is 9.18. The Bertz CT molecular complexity index is 921. The fourth-order valence-corrected chi connectivity index (χ4v) is 5.69. The first-order chi connectivity index (χ1) is 12.9. The van der Waals surface area contributed by atoms with E-state index in [0.29, 0.717) is 21.8 Å². The van der Waals surface area contributed by atoms with Gasteiger partial charge >= 0.3 is 6.18 Å². The van der Waals surface area contributed by atoms with Gasteiger partial charge in [0.15, 0.2) is 0 Å². The summed E-state index contributed by atoms with van der Waals surface area (Å²) < 4.78 is 72.9. The molecule has 0 spiro atoms. The summed E-state index contributed by atoms with van der Waals surface area (Å²) in [5, 5.41) is 0. The monoisotopic (exact) mass is 433 g/mol. The zero-order valence-electron chi connectivity index (χ0n) is 15.9. The lowest BCUT2D eigenvalue weighted by atomic mass is 10.1. The van der Waals surface area contributed by atoms with Crippen molar-refractivity contribution in [3.63, 3.8) is 0 Å². The van der Waals surface area contributed by atoms with Gasteiger partial charge in [-0.15, -0.1) is 11.8 Å². The number of hydrogen-bond donors (Lipinski definition) is 1. The van der Waals surface area contributed by atoms with Crippen LogP contribution in [0.5, 0.6) is 5.75 Å². The third-order valence-electron chi connectivity index (χ3n) is 4.02. The zero-order chi connectivity index (χ0) is 21.1. The fourth-order valence-electron chi connectivity index (χ4n) is 2.90. The molecule has 2 rings (SSSR count). The number of ether oxygens (including phenoxy) is 1. The number of benzene rings is 2. The lowest BCUT2D eigenvalue weighted by Gasteiger charge is -2.22. The highest BCUT2D eigenvalue weighted by atomic mass is 32.2. The number of alkyl halides is 3. The van der Waals surface area contributed by atoms with E-state index >= 15 is 0 Å². The predicted molar refractivity (Wildman–Crippen MR) is 105 cm³/mol. The summed E-state index contributed by atoms with van der Waals surface area (Å²) >= 11 is 0.905. The van der Waals surface area contributed by atoms with Gasteiger partial charge in [0.25, 0.3) is 0 Å². The molecule has 0 saturated heterocycles. The van der Waals surface area contributed by atoms with E-state index in [-0.39, 0.29) is 4.90 Å². The topological polar surface area (TPSA) is 55.4 Å². The van der Waals surface area contributed by atoms with Crippen LogP contribution >= 0.6 is 11.8 Å². The molecule has 2 aromatic rings. The van der Waals surface area contributed by atoms with E-state index in [1.807, 2.05) is 4.72 Å². The van der Waals surface area contributed by atoms with Crippen molar-refractivity contribution in [2.24, 2.45) is 0 Å². The first-order valence-electron chi connectivity index (χ1n) is 8.38. The highest BCUT2D eigenvalue weighted by molar-refractivity contribution is 7.99. The highest BCUT2D eigenvalue weighted by Crippen LogP contribution is 2.30. The van der Waals surface area contributed by atoms with Crippen LogP contribution in [0.25, 0.3) is 0 Å². The van der Waals surface area contributed by atoms with Gasteiger partial charge in [-0.2, -0.15) is 17.9 Å². The van der Waals surface area contributed by atoms with E-state index in [1.165, 1.54) is 7.11 Å². The van der Waals surface area contributed by atoms with Crippen LogP contribution in [0.3, 0.4) is 0 Å². The van der Waals surface area contributed by atoms with Gasteiger partial charge < -0.3 is 4.74 Å². The molecule has 28 heavy (non-hydrogen) atoms. The second kappa shape index (κ2) is 8.75. The van der Waals surface area contributed by atoms with Crippen molar-refractivity contribution in [1.29, 1.82) is 0 Å². The third kappa shape index (κ3) is 5.65. The Kier molecular flexibility index (Phi) is 7.06. The number of rotatable bonds is 7. The minimum atomic E-state index is -4.73. The van der Waals surface area contributed by atoms with Crippen LogP contribution in [-0.2, 0) is 10.0 Å². The highest BCUT2D eigenvalue weighted by Gasteiger charge is 2.42. The maximum absolute atomic E-state index is 13.5. The molecule has 9 heteroatoms. The third-order valence-corrected chi connectivity index (χ3v) is 6.89. The molecule has 4 nitrogen and oxygen atoms in total. The Morgan fingerprint density at radius 1 is 1.11 bits per heavy atom. The molecule has 2 aromatic carbocycles. The number of methoxy groups -OCH3 is 1. The summed E-state index contributed by atoms with van der Waals surface area (Å²) in [6.07, 6.45) is -4.73. The van der Waals surface area contributed by atoms with Crippen molar-refractivity contribution in [3.8, 4) is 5.75 Å². The molecule has 0 aliphatic rings. The summed E-state index contributed by atoms with van der Waals surface area (Å²) in [7, 11) is -2.88. The van der Waals surface area contributed by atoms with E-state index in [1.54, 1.807) is 57.2 Å². The fraction of sp³-hybridized carbons (Fsp3) is 0.368. The van der Waals surface area contributed by atoms with Gasteiger partial charge in [0.2, 0.25) is 10.0 Å². The molecule has 0 aromatic heterocycles. The van der Waals surface area contributed by atoms with Crippen molar-refractivity contribution in [2.75, 3.05) is 12.9 Å². The molecule has 0 aliphatic carbocycles. The van der Waals surface area contributed by atoms with Gasteiger partial charge in [-0.25, -0.2) is 8.42 Å². The molecule has 1 N–H and O–H groups in total. The van der Waals surface area contributed by atoms with Crippen LogP contribution < -0.4 is 9.46 Å². The minimum absolute atomic E-state index is 0.112. The summed E-state index contributed by atoms with van der Waals surface area (Å²) in [4.78, 5) is 0.439. The molecule has 0 aliphatic heterocycles. The van der Waals surface area contributed by atoms with Crippen molar-refractivity contribution < 1.29 is 26.3 Å². The summed E-state index contributed by atoms with van der Waals surface area (Å²) in [6.45, 7) is 4.94. The summed E-state index contributed by atoms with van der Waals surface area (Å²) in [5.41, 5.74) is 1.66. The number of thioether (sulfide) groups is 1. The minimum Gasteiger partial charge on any atom is -0.497 e. The van der Waals surface area contributed by atoms with Gasteiger partial charge in [-0.05, 0) is 50.1 Å². The standard InChI is InChI=1S/C19H22F3NO3S2/c1-12-8-13(2)18(14(3)9-12)28(24,25)23-17(19(20,21)22)11-27-16-7-5-6-15(10-16)26-4/h5-10,17,23H,11H2,1-4H3.